The molecule has 0 unspecified atom stereocenters. The predicted molar refractivity (Wildman–Crippen MR) is 65.8 cm³/mol. The Morgan fingerprint density at radius 1 is 1.33 bits per heavy atom. The van der Waals surface area contributed by atoms with Gasteiger partial charge >= 0.3 is 6.09 Å². The van der Waals surface area contributed by atoms with Crippen molar-refractivity contribution < 1.29 is 14.3 Å². The van der Waals surface area contributed by atoms with Gasteiger partial charge < -0.3 is 14.8 Å². The summed E-state index contributed by atoms with van der Waals surface area (Å²) in [7, 11) is 1.61. The SMILES string of the molecule is COCc1cnc(CNC(=O)OC(C)(C)C)nc1. The van der Waals surface area contributed by atoms with Gasteiger partial charge in [-0.25, -0.2) is 14.8 Å². The molecule has 1 amide bonds. The summed E-state index contributed by atoms with van der Waals surface area (Å²) in [6.07, 6.45) is 2.86. The van der Waals surface area contributed by atoms with E-state index in [0.29, 0.717) is 12.4 Å². The monoisotopic (exact) mass is 253 g/mol. The molecule has 0 spiro atoms. The van der Waals surface area contributed by atoms with Crippen LogP contribution in [0.4, 0.5) is 4.79 Å². The second kappa shape index (κ2) is 6.30. The first-order valence-electron chi connectivity index (χ1n) is 5.66. The van der Waals surface area contributed by atoms with Crippen LogP contribution in [-0.4, -0.2) is 28.8 Å². The first-order valence-corrected chi connectivity index (χ1v) is 5.66. The number of nitrogens with one attached hydrogen (secondary N) is 1. The van der Waals surface area contributed by atoms with E-state index in [4.69, 9.17) is 9.47 Å². The highest BCUT2D eigenvalue weighted by molar-refractivity contribution is 5.67. The molecule has 0 aliphatic rings. The van der Waals surface area contributed by atoms with E-state index in [-0.39, 0.29) is 6.54 Å². The highest BCUT2D eigenvalue weighted by Crippen LogP contribution is 2.06. The number of ether oxygens (including phenoxy) is 2. The summed E-state index contributed by atoms with van der Waals surface area (Å²) in [4.78, 5) is 19.6. The van der Waals surface area contributed by atoms with Crippen LogP contribution in [0.5, 0.6) is 0 Å². The van der Waals surface area contributed by atoms with Crippen LogP contribution in [-0.2, 0) is 22.6 Å². The summed E-state index contributed by atoms with van der Waals surface area (Å²) < 4.78 is 10.0. The molecule has 0 aliphatic carbocycles. The molecule has 1 heterocycles. The molecular formula is C12H19N3O3. The van der Waals surface area contributed by atoms with Crippen LogP contribution in [0.25, 0.3) is 0 Å². The van der Waals surface area contributed by atoms with Gasteiger partial charge in [0.05, 0.1) is 13.2 Å². The molecule has 6 nitrogen and oxygen atoms in total. The average Bonchev–Trinajstić information content (AvgIpc) is 2.26. The molecule has 1 rings (SSSR count). The third-order valence-electron chi connectivity index (χ3n) is 1.86. The number of hydrogen-bond donors (Lipinski definition) is 1. The van der Waals surface area contributed by atoms with E-state index in [1.54, 1.807) is 19.5 Å². The number of hydrogen-bond acceptors (Lipinski definition) is 5. The van der Waals surface area contributed by atoms with Gasteiger partial charge in [-0.2, -0.15) is 0 Å². The molecule has 1 aromatic heterocycles. The van der Waals surface area contributed by atoms with E-state index in [0.717, 1.165) is 5.56 Å². The molecule has 6 heteroatoms. The Hall–Kier alpha value is -1.69. The molecule has 0 saturated carbocycles. The van der Waals surface area contributed by atoms with Crippen LogP contribution in [0.15, 0.2) is 12.4 Å². The zero-order chi connectivity index (χ0) is 13.6. The van der Waals surface area contributed by atoms with Gasteiger partial charge in [-0.1, -0.05) is 0 Å². The lowest BCUT2D eigenvalue weighted by molar-refractivity contribution is 0.0522. The fourth-order valence-electron chi connectivity index (χ4n) is 1.18. The summed E-state index contributed by atoms with van der Waals surface area (Å²) >= 11 is 0. The van der Waals surface area contributed by atoms with Crippen molar-refractivity contribution in [1.82, 2.24) is 15.3 Å². The highest BCUT2D eigenvalue weighted by Gasteiger charge is 2.15. The Bertz CT molecular complexity index is 385. The summed E-state index contributed by atoms with van der Waals surface area (Å²) in [5, 5.41) is 2.59. The fourth-order valence-corrected chi connectivity index (χ4v) is 1.18. The van der Waals surface area contributed by atoms with Gasteiger partial charge in [0, 0.05) is 25.1 Å². The molecule has 18 heavy (non-hydrogen) atoms. The summed E-state index contributed by atoms with van der Waals surface area (Å²) in [6, 6.07) is 0. The van der Waals surface area contributed by atoms with Crippen molar-refractivity contribution in [3.8, 4) is 0 Å². The lowest BCUT2D eigenvalue weighted by Crippen LogP contribution is -2.32. The Morgan fingerprint density at radius 3 is 2.44 bits per heavy atom. The van der Waals surface area contributed by atoms with Crippen LogP contribution in [0, 0.1) is 0 Å². The molecule has 100 valence electrons. The van der Waals surface area contributed by atoms with E-state index < -0.39 is 11.7 Å². The van der Waals surface area contributed by atoms with Crippen molar-refractivity contribution in [2.24, 2.45) is 0 Å². The number of amides is 1. The fraction of sp³-hybridized carbons (Fsp3) is 0.583. The largest absolute Gasteiger partial charge is 0.444 e. The number of nitrogens with zero attached hydrogens (tertiary/aromatic N) is 2. The Kier molecular flexibility index (Phi) is 5.03. The maximum absolute atomic E-state index is 11.4. The lowest BCUT2D eigenvalue weighted by Gasteiger charge is -2.19. The normalized spacial score (nSPS) is 11.1. The van der Waals surface area contributed by atoms with Crippen LogP contribution in [0.1, 0.15) is 32.2 Å². The van der Waals surface area contributed by atoms with Gasteiger partial charge in [0.15, 0.2) is 0 Å². The quantitative estimate of drug-likeness (QED) is 0.883. The van der Waals surface area contributed by atoms with Gasteiger partial charge in [-0.15, -0.1) is 0 Å². The average molecular weight is 253 g/mol. The van der Waals surface area contributed by atoms with Crippen molar-refractivity contribution in [2.45, 2.75) is 39.5 Å². The zero-order valence-electron chi connectivity index (χ0n) is 11.2. The smallest absolute Gasteiger partial charge is 0.408 e. The second-order valence-corrected chi connectivity index (χ2v) is 4.80. The lowest BCUT2D eigenvalue weighted by atomic mass is 10.2. The van der Waals surface area contributed by atoms with Crippen LogP contribution in [0.3, 0.4) is 0 Å². The number of aromatic nitrogens is 2. The molecular weight excluding hydrogens is 234 g/mol. The standard InChI is InChI=1S/C12H19N3O3/c1-12(2,3)18-11(16)15-7-10-13-5-9(6-14-10)8-17-4/h5-6H,7-8H2,1-4H3,(H,15,16). The molecule has 0 aliphatic heterocycles. The molecule has 0 aromatic carbocycles. The summed E-state index contributed by atoms with van der Waals surface area (Å²) in [5.41, 5.74) is 0.381. The zero-order valence-corrected chi connectivity index (χ0v) is 11.2. The van der Waals surface area contributed by atoms with E-state index in [2.05, 4.69) is 15.3 Å². The summed E-state index contributed by atoms with van der Waals surface area (Å²) in [5.74, 6) is 0.528. The van der Waals surface area contributed by atoms with Gasteiger partial charge in [-0.05, 0) is 20.8 Å². The van der Waals surface area contributed by atoms with Crippen molar-refractivity contribution >= 4 is 6.09 Å². The highest BCUT2D eigenvalue weighted by atomic mass is 16.6. The molecule has 0 radical (unpaired) electrons. The van der Waals surface area contributed by atoms with Gasteiger partial charge in [-0.3, -0.25) is 0 Å². The minimum Gasteiger partial charge on any atom is -0.444 e. The van der Waals surface area contributed by atoms with Gasteiger partial charge in [0.2, 0.25) is 0 Å². The van der Waals surface area contributed by atoms with Crippen molar-refractivity contribution in [3.05, 3.63) is 23.8 Å². The minimum atomic E-state index is -0.507. The summed E-state index contributed by atoms with van der Waals surface area (Å²) in [6.45, 7) is 6.13. The Morgan fingerprint density at radius 2 is 1.94 bits per heavy atom. The number of methoxy groups -OCH3 is 1. The first-order chi connectivity index (χ1) is 8.40. The van der Waals surface area contributed by atoms with Crippen molar-refractivity contribution in [2.75, 3.05) is 7.11 Å². The maximum Gasteiger partial charge on any atom is 0.408 e. The van der Waals surface area contributed by atoms with E-state index in [9.17, 15) is 4.79 Å². The first kappa shape index (κ1) is 14.4. The molecule has 0 fully saturated rings. The maximum atomic E-state index is 11.4. The number of rotatable bonds is 4. The molecule has 1 N–H and O–H groups in total. The van der Waals surface area contributed by atoms with E-state index >= 15 is 0 Å². The molecule has 0 saturated heterocycles. The minimum absolute atomic E-state index is 0.238. The molecule has 0 atom stereocenters. The number of carbonyl (C=O) groups excluding carboxylic acids is 1. The molecule has 1 aromatic rings. The Labute approximate surface area is 107 Å². The van der Waals surface area contributed by atoms with E-state index in [1.165, 1.54) is 0 Å². The van der Waals surface area contributed by atoms with Crippen molar-refractivity contribution in [3.63, 3.8) is 0 Å². The van der Waals surface area contributed by atoms with Crippen LogP contribution < -0.4 is 5.32 Å². The third kappa shape index (κ3) is 5.58. The third-order valence-corrected chi connectivity index (χ3v) is 1.86. The van der Waals surface area contributed by atoms with Gasteiger partial charge in [0.1, 0.15) is 11.4 Å². The second-order valence-electron chi connectivity index (χ2n) is 4.80. The number of alkyl carbamates (subject to hydrolysis) is 1. The van der Waals surface area contributed by atoms with Gasteiger partial charge in [0.25, 0.3) is 0 Å². The van der Waals surface area contributed by atoms with Crippen LogP contribution >= 0.6 is 0 Å². The van der Waals surface area contributed by atoms with Crippen molar-refractivity contribution in [1.29, 1.82) is 0 Å². The van der Waals surface area contributed by atoms with Crippen LogP contribution in [0.2, 0.25) is 0 Å². The number of carbonyl (C=O) groups is 1. The van der Waals surface area contributed by atoms with E-state index in [1.807, 2.05) is 20.8 Å². The molecule has 0 bridgehead atoms. The topological polar surface area (TPSA) is 73.3 Å². The predicted octanol–water partition coefficient (Wildman–Crippen LogP) is 1.65. The Balaban J connectivity index is 2.41.